The highest BCUT2D eigenvalue weighted by atomic mass is 16.5. The van der Waals surface area contributed by atoms with Gasteiger partial charge in [0.15, 0.2) is 0 Å². The normalized spacial score (nSPS) is 13.7. The van der Waals surface area contributed by atoms with Crippen LogP contribution in [0.15, 0.2) is 48.5 Å². The molecule has 1 atom stereocenters. The van der Waals surface area contributed by atoms with Gasteiger partial charge in [0.05, 0.1) is 12.3 Å². The van der Waals surface area contributed by atoms with E-state index >= 15 is 0 Å². The minimum absolute atomic E-state index is 0.0122. The summed E-state index contributed by atoms with van der Waals surface area (Å²) in [6.45, 7) is 0.749. The number of benzene rings is 2. The zero-order valence-corrected chi connectivity index (χ0v) is 15.3. The summed E-state index contributed by atoms with van der Waals surface area (Å²) in [7, 11) is 0. The Kier molecular flexibility index (Phi) is 6.24. The molecule has 3 N–H and O–H groups in total. The number of carboxylic acids is 1. The van der Waals surface area contributed by atoms with Crippen LogP contribution >= 0.6 is 0 Å². The van der Waals surface area contributed by atoms with Crippen LogP contribution in [0.2, 0.25) is 0 Å². The summed E-state index contributed by atoms with van der Waals surface area (Å²) >= 11 is 0. The minimum Gasteiger partial charge on any atom is -0.481 e. The molecule has 0 unspecified atom stereocenters. The van der Waals surface area contributed by atoms with Gasteiger partial charge in [0.2, 0.25) is 0 Å². The SMILES string of the molecule is NCCCC[C@@H](CC(=O)OCC1c2ccccc2-c2ccccc21)C(=O)O. The lowest BCUT2D eigenvalue weighted by Crippen LogP contribution is -2.21. The topological polar surface area (TPSA) is 89.6 Å². The molecule has 5 nitrogen and oxygen atoms in total. The van der Waals surface area contributed by atoms with E-state index in [1.54, 1.807) is 0 Å². The number of ether oxygens (including phenoxy) is 1. The fourth-order valence-corrected chi connectivity index (χ4v) is 3.72. The van der Waals surface area contributed by atoms with Crippen molar-refractivity contribution in [3.05, 3.63) is 59.7 Å². The molecule has 0 spiro atoms. The van der Waals surface area contributed by atoms with Crippen LogP contribution in [0, 0.1) is 5.92 Å². The van der Waals surface area contributed by atoms with Gasteiger partial charge in [-0.05, 0) is 41.6 Å². The molecule has 2 aromatic rings. The number of hydrogen-bond donors (Lipinski definition) is 2. The van der Waals surface area contributed by atoms with Gasteiger partial charge in [0, 0.05) is 5.92 Å². The smallest absolute Gasteiger partial charge is 0.307 e. The summed E-state index contributed by atoms with van der Waals surface area (Å²) in [5, 5.41) is 9.32. The molecule has 0 fully saturated rings. The van der Waals surface area contributed by atoms with Gasteiger partial charge in [-0.15, -0.1) is 0 Å². The van der Waals surface area contributed by atoms with E-state index in [4.69, 9.17) is 10.5 Å². The Morgan fingerprint density at radius 3 is 2.15 bits per heavy atom. The molecule has 2 aromatic carbocycles. The second-order valence-corrected chi connectivity index (χ2v) is 6.93. The van der Waals surface area contributed by atoms with Gasteiger partial charge in [-0.25, -0.2) is 0 Å². The zero-order valence-electron chi connectivity index (χ0n) is 15.3. The lowest BCUT2D eigenvalue weighted by atomic mass is 9.97. The zero-order chi connectivity index (χ0) is 19.2. The number of carbonyl (C=O) groups excluding carboxylic acids is 1. The first-order chi connectivity index (χ1) is 13.1. The quantitative estimate of drug-likeness (QED) is 0.522. The predicted octanol–water partition coefficient (Wildman–Crippen LogP) is 3.56. The van der Waals surface area contributed by atoms with Gasteiger partial charge >= 0.3 is 11.9 Å². The van der Waals surface area contributed by atoms with Gasteiger partial charge in [0.25, 0.3) is 0 Å². The van der Waals surface area contributed by atoms with E-state index in [0.717, 1.165) is 17.5 Å². The molecular formula is C22H25NO4. The van der Waals surface area contributed by atoms with Crippen molar-refractivity contribution in [1.82, 2.24) is 0 Å². The van der Waals surface area contributed by atoms with Crippen LogP contribution in [0.1, 0.15) is 42.7 Å². The molecule has 0 saturated carbocycles. The van der Waals surface area contributed by atoms with Gasteiger partial charge in [-0.1, -0.05) is 55.0 Å². The Balaban J connectivity index is 1.64. The molecule has 0 aromatic heterocycles. The number of unbranched alkanes of at least 4 members (excludes halogenated alkanes) is 1. The molecule has 0 aliphatic heterocycles. The van der Waals surface area contributed by atoms with Gasteiger partial charge < -0.3 is 15.6 Å². The van der Waals surface area contributed by atoms with Crippen LogP contribution in [-0.2, 0) is 14.3 Å². The maximum absolute atomic E-state index is 12.3. The second kappa shape index (κ2) is 8.82. The van der Waals surface area contributed by atoms with E-state index in [0.29, 0.717) is 19.4 Å². The third-order valence-corrected chi connectivity index (χ3v) is 5.14. The average molecular weight is 367 g/mol. The lowest BCUT2D eigenvalue weighted by molar-refractivity contribution is -0.152. The second-order valence-electron chi connectivity index (χ2n) is 6.93. The monoisotopic (exact) mass is 367 g/mol. The summed E-state index contributed by atoms with van der Waals surface area (Å²) < 4.78 is 5.50. The van der Waals surface area contributed by atoms with Crippen molar-refractivity contribution in [2.24, 2.45) is 11.7 Å². The first-order valence-corrected chi connectivity index (χ1v) is 9.38. The third-order valence-electron chi connectivity index (χ3n) is 5.14. The van der Waals surface area contributed by atoms with Crippen molar-refractivity contribution < 1.29 is 19.4 Å². The molecule has 0 heterocycles. The number of fused-ring (bicyclic) bond motifs is 3. The Morgan fingerprint density at radius 1 is 1.00 bits per heavy atom. The van der Waals surface area contributed by atoms with Crippen molar-refractivity contribution in [3.63, 3.8) is 0 Å². The first-order valence-electron chi connectivity index (χ1n) is 9.38. The van der Waals surface area contributed by atoms with Crippen LogP contribution in [-0.4, -0.2) is 30.2 Å². The van der Waals surface area contributed by atoms with Crippen molar-refractivity contribution in [2.45, 2.75) is 31.6 Å². The summed E-state index contributed by atoms with van der Waals surface area (Å²) in [6.07, 6.45) is 1.80. The molecule has 5 heteroatoms. The van der Waals surface area contributed by atoms with Gasteiger partial charge in [0.1, 0.15) is 6.61 Å². The number of aliphatic carboxylic acids is 1. The molecule has 1 aliphatic rings. The summed E-state index contributed by atoms with van der Waals surface area (Å²) in [5.74, 6) is -2.15. The highest BCUT2D eigenvalue weighted by Crippen LogP contribution is 2.44. The average Bonchev–Trinajstić information content (AvgIpc) is 2.99. The van der Waals surface area contributed by atoms with E-state index in [9.17, 15) is 14.7 Å². The van der Waals surface area contributed by atoms with Crippen molar-refractivity contribution >= 4 is 11.9 Å². The number of hydrogen-bond acceptors (Lipinski definition) is 4. The summed E-state index contributed by atoms with van der Waals surface area (Å²) in [6, 6.07) is 16.2. The van der Waals surface area contributed by atoms with Crippen LogP contribution in [0.4, 0.5) is 0 Å². The highest BCUT2D eigenvalue weighted by Gasteiger charge is 2.29. The van der Waals surface area contributed by atoms with Crippen molar-refractivity contribution in [3.8, 4) is 11.1 Å². The Hall–Kier alpha value is -2.66. The van der Waals surface area contributed by atoms with Gasteiger partial charge in [-0.3, -0.25) is 9.59 Å². The van der Waals surface area contributed by atoms with E-state index in [1.807, 2.05) is 24.3 Å². The Morgan fingerprint density at radius 2 is 1.59 bits per heavy atom. The van der Waals surface area contributed by atoms with E-state index in [2.05, 4.69) is 24.3 Å². The van der Waals surface area contributed by atoms with E-state index in [1.165, 1.54) is 11.1 Å². The van der Waals surface area contributed by atoms with Crippen LogP contribution in [0.25, 0.3) is 11.1 Å². The molecule has 0 saturated heterocycles. The molecule has 142 valence electrons. The number of carbonyl (C=O) groups is 2. The molecular weight excluding hydrogens is 342 g/mol. The molecule has 0 bridgehead atoms. The standard InChI is InChI=1S/C22H25NO4/c23-12-6-5-7-15(22(25)26)13-21(24)27-14-20-18-10-3-1-8-16(18)17-9-2-4-11-19(17)20/h1-4,8-11,15,20H,5-7,12-14,23H2,(H,25,26)/t15-/m0/s1. The maximum atomic E-state index is 12.3. The Labute approximate surface area is 159 Å². The fraction of sp³-hybridized carbons (Fsp3) is 0.364. The van der Waals surface area contributed by atoms with Crippen LogP contribution in [0.3, 0.4) is 0 Å². The highest BCUT2D eigenvalue weighted by molar-refractivity contribution is 5.80. The number of rotatable bonds is 9. The van der Waals surface area contributed by atoms with Crippen LogP contribution < -0.4 is 5.73 Å². The molecule has 3 rings (SSSR count). The van der Waals surface area contributed by atoms with Crippen LogP contribution in [0.5, 0.6) is 0 Å². The summed E-state index contributed by atoms with van der Waals surface area (Å²) in [4.78, 5) is 23.6. The van der Waals surface area contributed by atoms with Crippen molar-refractivity contribution in [2.75, 3.05) is 13.2 Å². The Bertz CT molecular complexity index is 772. The molecule has 0 amide bonds. The molecule has 27 heavy (non-hydrogen) atoms. The fourth-order valence-electron chi connectivity index (χ4n) is 3.72. The third kappa shape index (κ3) is 4.37. The van der Waals surface area contributed by atoms with Crippen molar-refractivity contribution in [1.29, 1.82) is 0 Å². The molecule has 1 aliphatic carbocycles. The predicted molar refractivity (Wildman–Crippen MR) is 103 cm³/mol. The van der Waals surface area contributed by atoms with Gasteiger partial charge in [-0.2, -0.15) is 0 Å². The number of nitrogens with two attached hydrogens (primary N) is 1. The number of carboxylic acid groups (broad SMARTS) is 1. The minimum atomic E-state index is -0.958. The maximum Gasteiger partial charge on any atom is 0.307 e. The molecule has 0 radical (unpaired) electrons. The number of esters is 1. The summed E-state index contributed by atoms with van der Waals surface area (Å²) in [5.41, 5.74) is 10.1. The first kappa shape index (κ1) is 19.1. The van der Waals surface area contributed by atoms with E-state index in [-0.39, 0.29) is 18.9 Å². The van der Waals surface area contributed by atoms with E-state index < -0.39 is 17.9 Å². The largest absolute Gasteiger partial charge is 0.481 e. The lowest BCUT2D eigenvalue weighted by Gasteiger charge is -2.16.